The fourth-order valence-corrected chi connectivity index (χ4v) is 3.41. The molecular formula is C20H32F3N5O3S. The van der Waals surface area contributed by atoms with Crippen molar-refractivity contribution in [3.63, 3.8) is 0 Å². The molecule has 0 saturated carbocycles. The first-order valence-corrected chi connectivity index (χ1v) is 11.2. The third-order valence-corrected chi connectivity index (χ3v) is 4.94. The van der Waals surface area contributed by atoms with E-state index in [1.807, 2.05) is 34.5 Å². The molecule has 0 aromatic carbocycles. The predicted molar refractivity (Wildman–Crippen MR) is 118 cm³/mol. The minimum atomic E-state index is -4.60. The van der Waals surface area contributed by atoms with Gasteiger partial charge in [0.05, 0.1) is 6.04 Å². The van der Waals surface area contributed by atoms with Crippen LogP contribution in [-0.2, 0) is 20.6 Å². The van der Waals surface area contributed by atoms with Crippen LogP contribution in [0.5, 0.6) is 0 Å². The summed E-state index contributed by atoms with van der Waals surface area (Å²) in [5.74, 6) is -0.479. The van der Waals surface area contributed by atoms with Gasteiger partial charge in [-0.15, -0.1) is 10.2 Å². The maximum absolute atomic E-state index is 12.5. The molecule has 1 saturated heterocycles. The van der Waals surface area contributed by atoms with E-state index in [0.29, 0.717) is 6.42 Å². The molecule has 0 radical (unpaired) electrons. The average Bonchev–Trinajstić information content (AvgIpc) is 3.24. The van der Waals surface area contributed by atoms with Crippen molar-refractivity contribution in [3.05, 3.63) is 17.2 Å². The highest BCUT2D eigenvalue weighted by Gasteiger charge is 2.35. The smallest absolute Gasteiger partial charge is 0.349 e. The molecule has 2 atom stereocenters. The van der Waals surface area contributed by atoms with Crippen LogP contribution in [0.4, 0.5) is 18.3 Å². The highest BCUT2D eigenvalue weighted by atomic mass is 32.1. The van der Waals surface area contributed by atoms with E-state index in [1.165, 1.54) is 6.08 Å². The topological polar surface area (TPSA) is 113 Å². The van der Waals surface area contributed by atoms with Crippen LogP contribution in [-0.4, -0.2) is 47.4 Å². The number of hydrogen-bond acceptors (Lipinski definition) is 7. The first-order chi connectivity index (χ1) is 15.1. The summed E-state index contributed by atoms with van der Waals surface area (Å²) in [7, 11) is 0. The van der Waals surface area contributed by atoms with Crippen LogP contribution >= 0.6 is 11.3 Å². The highest BCUT2D eigenvalue weighted by molar-refractivity contribution is 7.15. The molecule has 0 spiro atoms. The van der Waals surface area contributed by atoms with E-state index >= 15 is 0 Å². The SMILES string of the molecule is C=O.CC.CC(C)C[C@@H](/C=C/C(=O)Nc1nnc(C(F)(F)F)s1)NC(=O)C1CCCCN1. The van der Waals surface area contributed by atoms with Gasteiger partial charge in [-0.25, -0.2) is 0 Å². The van der Waals surface area contributed by atoms with Crippen LogP contribution in [0.2, 0.25) is 0 Å². The lowest BCUT2D eigenvalue weighted by Gasteiger charge is -2.25. The van der Waals surface area contributed by atoms with Crippen molar-refractivity contribution in [2.45, 2.75) is 71.6 Å². The van der Waals surface area contributed by atoms with E-state index < -0.39 is 17.1 Å². The van der Waals surface area contributed by atoms with Gasteiger partial charge in [0.2, 0.25) is 22.0 Å². The summed E-state index contributed by atoms with van der Waals surface area (Å²) in [4.78, 5) is 32.4. The number of hydrogen-bond donors (Lipinski definition) is 3. The number of nitrogens with one attached hydrogen (secondary N) is 3. The largest absolute Gasteiger partial charge is 0.445 e. The normalized spacial score (nSPS) is 16.9. The van der Waals surface area contributed by atoms with Crippen LogP contribution in [0.25, 0.3) is 0 Å². The molecule has 2 heterocycles. The second kappa shape index (κ2) is 15.5. The molecule has 2 amide bonds. The van der Waals surface area contributed by atoms with Crippen molar-refractivity contribution in [2.75, 3.05) is 11.9 Å². The number of anilines is 1. The van der Waals surface area contributed by atoms with E-state index in [1.54, 1.807) is 6.08 Å². The first-order valence-electron chi connectivity index (χ1n) is 10.4. The summed E-state index contributed by atoms with van der Waals surface area (Å²) in [5, 5.41) is 13.3. The number of nitrogens with zero attached hydrogens (tertiary/aromatic N) is 2. The summed E-state index contributed by atoms with van der Waals surface area (Å²) >= 11 is 0.251. The predicted octanol–water partition coefficient (Wildman–Crippen LogP) is 3.57. The van der Waals surface area contributed by atoms with Crippen LogP contribution < -0.4 is 16.0 Å². The molecule has 182 valence electrons. The molecular weight excluding hydrogens is 447 g/mol. The van der Waals surface area contributed by atoms with E-state index in [0.717, 1.165) is 25.8 Å². The number of piperidine rings is 1. The average molecular weight is 480 g/mol. The van der Waals surface area contributed by atoms with Crippen molar-refractivity contribution in [3.8, 4) is 0 Å². The number of carbonyl (C=O) groups excluding carboxylic acids is 3. The molecule has 32 heavy (non-hydrogen) atoms. The van der Waals surface area contributed by atoms with Crippen molar-refractivity contribution in [1.29, 1.82) is 0 Å². The van der Waals surface area contributed by atoms with Crippen molar-refractivity contribution < 1.29 is 27.6 Å². The fourth-order valence-electron chi connectivity index (χ4n) is 2.79. The summed E-state index contributed by atoms with van der Waals surface area (Å²) in [6, 6.07) is -0.602. The zero-order valence-electron chi connectivity index (χ0n) is 18.8. The Labute approximate surface area is 190 Å². The highest BCUT2D eigenvalue weighted by Crippen LogP contribution is 2.32. The van der Waals surface area contributed by atoms with Gasteiger partial charge < -0.3 is 15.4 Å². The maximum Gasteiger partial charge on any atom is 0.445 e. The van der Waals surface area contributed by atoms with Gasteiger partial charge in [-0.1, -0.05) is 51.5 Å². The molecule has 1 fully saturated rings. The van der Waals surface area contributed by atoms with Crippen LogP contribution in [0.1, 0.15) is 58.4 Å². The Balaban J connectivity index is 0.00000227. The quantitative estimate of drug-likeness (QED) is 0.516. The van der Waals surface area contributed by atoms with E-state index in [2.05, 4.69) is 26.1 Å². The van der Waals surface area contributed by atoms with Gasteiger partial charge in [0.1, 0.15) is 6.79 Å². The molecule has 0 bridgehead atoms. The van der Waals surface area contributed by atoms with Gasteiger partial charge >= 0.3 is 6.18 Å². The molecule has 3 N–H and O–H groups in total. The van der Waals surface area contributed by atoms with Gasteiger partial charge in [-0.3, -0.25) is 14.9 Å². The van der Waals surface area contributed by atoms with Crippen LogP contribution in [0, 0.1) is 5.92 Å². The van der Waals surface area contributed by atoms with Crippen LogP contribution in [0.3, 0.4) is 0 Å². The Kier molecular flexibility index (Phi) is 14.3. The minimum Gasteiger partial charge on any atom is -0.349 e. The number of rotatable bonds is 7. The third kappa shape index (κ3) is 11.3. The molecule has 2 rings (SSSR count). The number of amides is 2. The third-order valence-electron chi connectivity index (χ3n) is 4.06. The van der Waals surface area contributed by atoms with Crippen molar-refractivity contribution >= 4 is 35.1 Å². The Morgan fingerprint density at radius 1 is 1.25 bits per heavy atom. The van der Waals surface area contributed by atoms with Gasteiger partial charge in [-0.2, -0.15) is 13.2 Å². The van der Waals surface area contributed by atoms with E-state index in [-0.39, 0.29) is 40.4 Å². The number of aromatic nitrogens is 2. The lowest BCUT2D eigenvalue weighted by atomic mass is 10.0. The lowest BCUT2D eigenvalue weighted by Crippen LogP contribution is -2.49. The van der Waals surface area contributed by atoms with Crippen molar-refractivity contribution in [2.24, 2.45) is 5.92 Å². The molecule has 1 aliphatic heterocycles. The van der Waals surface area contributed by atoms with Gasteiger partial charge in [0.15, 0.2) is 0 Å². The van der Waals surface area contributed by atoms with E-state index in [4.69, 9.17) is 4.79 Å². The second-order valence-corrected chi connectivity index (χ2v) is 7.98. The Bertz CT molecular complexity index is 720. The summed E-state index contributed by atoms with van der Waals surface area (Å²) in [6.45, 7) is 10.8. The summed E-state index contributed by atoms with van der Waals surface area (Å²) in [6.07, 6.45) is 1.55. The standard InChI is InChI=1S/C17H24F3N5O2S.C2H6.CH2O/c1-10(2)9-11(22-14(27)12-5-3-4-8-21-12)6-7-13(26)23-16-25-24-15(28-16)17(18,19)20;2*1-2/h6-7,10-12,21H,3-5,8-9H2,1-2H3,(H,22,27)(H,23,25,26);1-2H3;1H2/b7-6+;;/t11-,12?;;/m1../s1. The Hall–Kier alpha value is -2.34. The van der Waals surface area contributed by atoms with Gasteiger partial charge in [0, 0.05) is 12.1 Å². The number of carbonyl (C=O) groups is 3. The van der Waals surface area contributed by atoms with Crippen LogP contribution in [0.15, 0.2) is 12.2 Å². The van der Waals surface area contributed by atoms with Gasteiger partial charge in [-0.05, 0) is 31.7 Å². The van der Waals surface area contributed by atoms with Crippen molar-refractivity contribution in [1.82, 2.24) is 20.8 Å². The number of halogens is 3. The maximum atomic E-state index is 12.5. The molecule has 8 nitrogen and oxygen atoms in total. The second-order valence-electron chi connectivity index (χ2n) is 7.01. The Morgan fingerprint density at radius 3 is 2.41 bits per heavy atom. The summed E-state index contributed by atoms with van der Waals surface area (Å²) in [5.41, 5.74) is 0. The lowest BCUT2D eigenvalue weighted by molar-refractivity contribution is -0.138. The molecule has 12 heteroatoms. The van der Waals surface area contributed by atoms with E-state index in [9.17, 15) is 22.8 Å². The molecule has 0 aliphatic carbocycles. The Morgan fingerprint density at radius 2 is 1.91 bits per heavy atom. The molecule has 1 aromatic heterocycles. The molecule has 1 aromatic rings. The molecule has 1 unspecified atom stereocenters. The minimum absolute atomic E-state index is 0.116. The summed E-state index contributed by atoms with van der Waals surface area (Å²) < 4.78 is 37.6. The fraction of sp³-hybridized carbons (Fsp3) is 0.650. The zero-order chi connectivity index (χ0) is 24.7. The monoisotopic (exact) mass is 479 g/mol. The van der Waals surface area contributed by atoms with Gasteiger partial charge in [0.25, 0.3) is 0 Å². The zero-order valence-corrected chi connectivity index (χ0v) is 19.6. The number of alkyl halides is 3. The first kappa shape index (κ1) is 29.7. The molecule has 1 aliphatic rings.